The number of rotatable bonds is 5. The van der Waals surface area contributed by atoms with Gasteiger partial charge in [0, 0.05) is 25.2 Å². The van der Waals surface area contributed by atoms with Crippen molar-refractivity contribution in [3.8, 4) is 0 Å². The Balaban J connectivity index is 1.66. The maximum absolute atomic E-state index is 4.34. The minimum atomic E-state index is 0.591. The molecule has 0 radical (unpaired) electrons. The van der Waals surface area contributed by atoms with Gasteiger partial charge in [0.15, 0.2) is 5.82 Å². The Morgan fingerprint density at radius 2 is 2.15 bits per heavy atom. The summed E-state index contributed by atoms with van der Waals surface area (Å²) in [5.41, 5.74) is 0. The zero-order chi connectivity index (χ0) is 14.1. The van der Waals surface area contributed by atoms with E-state index in [-0.39, 0.29) is 0 Å². The molecule has 1 aliphatic carbocycles. The molecule has 0 aromatic carbocycles. The molecule has 2 unspecified atom stereocenters. The predicted molar refractivity (Wildman–Crippen MR) is 77.0 cm³/mol. The molecule has 112 valence electrons. The number of aromatic nitrogens is 4. The van der Waals surface area contributed by atoms with Gasteiger partial charge in [-0.15, -0.1) is 10.2 Å². The van der Waals surface area contributed by atoms with Gasteiger partial charge < -0.3 is 5.32 Å². The van der Waals surface area contributed by atoms with E-state index in [1.807, 2.05) is 7.05 Å². The molecule has 1 N–H and O–H groups in total. The fraction of sp³-hybridized carbons (Fsp3) is 0.929. The summed E-state index contributed by atoms with van der Waals surface area (Å²) in [7, 11) is 1.83. The number of tetrazole rings is 1. The van der Waals surface area contributed by atoms with Crippen LogP contribution in [-0.2, 0) is 13.6 Å². The van der Waals surface area contributed by atoms with Crippen molar-refractivity contribution < 1.29 is 0 Å². The molecule has 2 fully saturated rings. The lowest BCUT2D eigenvalue weighted by Crippen LogP contribution is -2.57. The quantitative estimate of drug-likeness (QED) is 0.863. The predicted octanol–water partition coefficient (Wildman–Crippen LogP) is 0.809. The maximum Gasteiger partial charge on any atom is 0.188 e. The Bertz CT molecular complexity index is 439. The SMILES string of the molecule is CC(C)CC1CNC(C2CC2)CN1Cc1nnn(C)n1. The van der Waals surface area contributed by atoms with Gasteiger partial charge in [-0.05, 0) is 36.3 Å². The Kier molecular flexibility index (Phi) is 4.03. The van der Waals surface area contributed by atoms with Gasteiger partial charge in [-0.1, -0.05) is 13.8 Å². The molecule has 2 atom stereocenters. The molecule has 1 saturated carbocycles. The van der Waals surface area contributed by atoms with Gasteiger partial charge in [0.25, 0.3) is 0 Å². The molecule has 1 saturated heterocycles. The average Bonchev–Trinajstić information content (AvgIpc) is 3.15. The molecule has 0 amide bonds. The summed E-state index contributed by atoms with van der Waals surface area (Å²) < 4.78 is 0. The molecule has 0 bridgehead atoms. The first-order valence-corrected chi connectivity index (χ1v) is 7.82. The van der Waals surface area contributed by atoms with Crippen LogP contribution in [0.1, 0.15) is 38.9 Å². The summed E-state index contributed by atoms with van der Waals surface area (Å²) in [4.78, 5) is 4.11. The number of aryl methyl sites for hydroxylation is 1. The van der Waals surface area contributed by atoms with Crippen LogP contribution in [0.25, 0.3) is 0 Å². The van der Waals surface area contributed by atoms with Crippen LogP contribution in [0.4, 0.5) is 0 Å². The van der Waals surface area contributed by atoms with Crippen molar-refractivity contribution in [3.05, 3.63) is 5.82 Å². The zero-order valence-corrected chi connectivity index (χ0v) is 12.8. The first-order valence-electron chi connectivity index (χ1n) is 7.82. The molecule has 6 heteroatoms. The second-order valence-electron chi connectivity index (χ2n) is 6.76. The van der Waals surface area contributed by atoms with E-state index in [4.69, 9.17) is 0 Å². The fourth-order valence-electron chi connectivity index (χ4n) is 3.24. The van der Waals surface area contributed by atoms with Crippen LogP contribution in [0.2, 0.25) is 0 Å². The van der Waals surface area contributed by atoms with Crippen LogP contribution in [0.15, 0.2) is 0 Å². The van der Waals surface area contributed by atoms with Gasteiger partial charge in [0.05, 0.1) is 13.6 Å². The van der Waals surface area contributed by atoms with E-state index >= 15 is 0 Å². The molecule has 1 aromatic heterocycles. The molecule has 2 heterocycles. The van der Waals surface area contributed by atoms with Crippen molar-refractivity contribution in [2.24, 2.45) is 18.9 Å². The zero-order valence-electron chi connectivity index (χ0n) is 12.8. The topological polar surface area (TPSA) is 58.9 Å². The van der Waals surface area contributed by atoms with Gasteiger partial charge in [0.2, 0.25) is 0 Å². The Hall–Kier alpha value is -1.01. The van der Waals surface area contributed by atoms with Gasteiger partial charge in [-0.3, -0.25) is 4.90 Å². The highest BCUT2D eigenvalue weighted by atomic mass is 15.6. The Labute approximate surface area is 120 Å². The van der Waals surface area contributed by atoms with Crippen LogP contribution >= 0.6 is 0 Å². The summed E-state index contributed by atoms with van der Waals surface area (Å²) in [6, 6.07) is 1.25. The highest BCUT2D eigenvalue weighted by Gasteiger charge is 2.37. The monoisotopic (exact) mass is 278 g/mol. The first kappa shape index (κ1) is 13.9. The number of nitrogens with one attached hydrogen (secondary N) is 1. The molecule has 0 spiro atoms. The largest absolute Gasteiger partial charge is 0.311 e. The number of piperazine rings is 1. The van der Waals surface area contributed by atoms with Crippen LogP contribution in [0.3, 0.4) is 0 Å². The lowest BCUT2D eigenvalue weighted by molar-refractivity contribution is 0.0972. The summed E-state index contributed by atoms with van der Waals surface area (Å²) >= 11 is 0. The molecule has 2 aliphatic rings. The molecule has 20 heavy (non-hydrogen) atoms. The summed E-state index contributed by atoms with van der Waals surface area (Å²) in [5, 5.41) is 16.2. The lowest BCUT2D eigenvalue weighted by Gasteiger charge is -2.40. The number of hydrogen-bond acceptors (Lipinski definition) is 5. The Morgan fingerprint density at radius 1 is 1.35 bits per heavy atom. The first-order chi connectivity index (χ1) is 9.61. The molecule has 1 aromatic rings. The third-order valence-electron chi connectivity index (χ3n) is 4.39. The second-order valence-corrected chi connectivity index (χ2v) is 6.76. The standard InChI is InChI=1S/C14H26N6/c1-10(2)6-12-7-15-13(11-4-5-11)8-20(12)9-14-16-18-19(3)17-14/h10-13,15H,4-9H2,1-3H3. The normalized spacial score (nSPS) is 28.2. The number of nitrogens with zero attached hydrogens (tertiary/aromatic N) is 5. The van der Waals surface area contributed by atoms with Crippen molar-refractivity contribution in [1.29, 1.82) is 0 Å². The van der Waals surface area contributed by atoms with Gasteiger partial charge in [0.1, 0.15) is 0 Å². The number of hydrogen-bond donors (Lipinski definition) is 1. The van der Waals surface area contributed by atoms with Crippen molar-refractivity contribution in [2.75, 3.05) is 13.1 Å². The van der Waals surface area contributed by atoms with Crippen molar-refractivity contribution in [1.82, 2.24) is 30.4 Å². The Morgan fingerprint density at radius 3 is 2.75 bits per heavy atom. The molecular formula is C14H26N6. The van der Waals surface area contributed by atoms with Crippen LogP contribution in [-0.4, -0.2) is 50.3 Å². The second kappa shape index (κ2) is 5.77. The molecule has 1 aliphatic heterocycles. The van der Waals surface area contributed by atoms with Gasteiger partial charge in [-0.2, -0.15) is 4.80 Å². The van der Waals surface area contributed by atoms with E-state index in [0.717, 1.165) is 37.3 Å². The summed E-state index contributed by atoms with van der Waals surface area (Å²) in [6.45, 7) is 7.65. The minimum Gasteiger partial charge on any atom is -0.311 e. The van der Waals surface area contributed by atoms with E-state index in [1.165, 1.54) is 19.3 Å². The third kappa shape index (κ3) is 3.35. The highest BCUT2D eigenvalue weighted by Crippen LogP contribution is 2.34. The van der Waals surface area contributed by atoms with Crippen molar-refractivity contribution in [2.45, 2.75) is 51.7 Å². The maximum atomic E-state index is 4.34. The summed E-state index contributed by atoms with van der Waals surface area (Å²) in [5.74, 6) is 2.46. The smallest absolute Gasteiger partial charge is 0.188 e. The highest BCUT2D eigenvalue weighted by molar-refractivity contribution is 4.96. The molecule has 6 nitrogen and oxygen atoms in total. The van der Waals surface area contributed by atoms with E-state index in [2.05, 4.69) is 39.5 Å². The third-order valence-corrected chi connectivity index (χ3v) is 4.39. The van der Waals surface area contributed by atoms with Gasteiger partial charge in [-0.25, -0.2) is 0 Å². The molecular weight excluding hydrogens is 252 g/mol. The van der Waals surface area contributed by atoms with Gasteiger partial charge >= 0.3 is 0 Å². The minimum absolute atomic E-state index is 0.591. The van der Waals surface area contributed by atoms with E-state index in [0.29, 0.717) is 12.1 Å². The summed E-state index contributed by atoms with van der Waals surface area (Å²) in [6.07, 6.45) is 4.01. The van der Waals surface area contributed by atoms with E-state index in [1.54, 1.807) is 4.80 Å². The van der Waals surface area contributed by atoms with E-state index < -0.39 is 0 Å². The molecule has 3 rings (SSSR count). The van der Waals surface area contributed by atoms with E-state index in [9.17, 15) is 0 Å². The van der Waals surface area contributed by atoms with Crippen LogP contribution < -0.4 is 5.32 Å². The average molecular weight is 278 g/mol. The van der Waals surface area contributed by atoms with Crippen LogP contribution in [0.5, 0.6) is 0 Å². The lowest BCUT2D eigenvalue weighted by atomic mass is 9.97. The fourth-order valence-corrected chi connectivity index (χ4v) is 3.24. The van der Waals surface area contributed by atoms with Crippen LogP contribution in [0, 0.1) is 11.8 Å². The van der Waals surface area contributed by atoms with Crippen molar-refractivity contribution in [3.63, 3.8) is 0 Å². The van der Waals surface area contributed by atoms with Crippen molar-refractivity contribution >= 4 is 0 Å².